The van der Waals surface area contributed by atoms with Crippen LogP contribution in [-0.2, 0) is 0 Å². The SMILES string of the molecule is Cc1c(C#CCN)cccc1C(=O)NCC1CC1C. The van der Waals surface area contributed by atoms with Gasteiger partial charge in [-0.2, -0.15) is 0 Å². The van der Waals surface area contributed by atoms with E-state index in [0.29, 0.717) is 18.0 Å². The Morgan fingerprint density at radius 2 is 2.26 bits per heavy atom. The molecule has 3 nitrogen and oxygen atoms in total. The average Bonchev–Trinajstić information content (AvgIpc) is 3.11. The summed E-state index contributed by atoms with van der Waals surface area (Å²) in [6.07, 6.45) is 1.22. The van der Waals surface area contributed by atoms with Gasteiger partial charge in [-0.3, -0.25) is 4.79 Å². The molecule has 3 heteroatoms. The average molecular weight is 256 g/mol. The van der Waals surface area contributed by atoms with Crippen molar-refractivity contribution in [1.29, 1.82) is 0 Å². The molecule has 3 N–H and O–H groups in total. The monoisotopic (exact) mass is 256 g/mol. The van der Waals surface area contributed by atoms with Gasteiger partial charge in [0.2, 0.25) is 0 Å². The molecule has 0 radical (unpaired) electrons. The van der Waals surface area contributed by atoms with Gasteiger partial charge in [-0.25, -0.2) is 0 Å². The number of hydrogen-bond acceptors (Lipinski definition) is 2. The van der Waals surface area contributed by atoms with Gasteiger partial charge in [0, 0.05) is 17.7 Å². The Balaban J connectivity index is 2.08. The topological polar surface area (TPSA) is 55.1 Å². The summed E-state index contributed by atoms with van der Waals surface area (Å²) in [6, 6.07) is 5.62. The van der Waals surface area contributed by atoms with Crippen LogP contribution in [0.25, 0.3) is 0 Å². The molecule has 2 atom stereocenters. The van der Waals surface area contributed by atoms with Crippen molar-refractivity contribution in [3.8, 4) is 11.8 Å². The fraction of sp³-hybridized carbons (Fsp3) is 0.438. The molecule has 1 aliphatic rings. The second-order valence-electron chi connectivity index (χ2n) is 5.17. The van der Waals surface area contributed by atoms with Gasteiger partial charge < -0.3 is 11.1 Å². The summed E-state index contributed by atoms with van der Waals surface area (Å²) in [5, 5.41) is 3.00. The predicted octanol–water partition coefficient (Wildman–Crippen LogP) is 1.69. The molecule has 0 spiro atoms. The Kier molecular flexibility index (Phi) is 4.24. The molecule has 100 valence electrons. The summed E-state index contributed by atoms with van der Waals surface area (Å²) in [6.45, 7) is 5.24. The van der Waals surface area contributed by atoms with Gasteiger partial charge in [-0.1, -0.05) is 24.8 Å². The third-order valence-corrected chi connectivity index (χ3v) is 3.70. The van der Waals surface area contributed by atoms with Crippen LogP contribution in [0.1, 0.15) is 34.8 Å². The smallest absolute Gasteiger partial charge is 0.251 e. The second kappa shape index (κ2) is 5.90. The summed E-state index contributed by atoms with van der Waals surface area (Å²) in [5.41, 5.74) is 7.87. The lowest BCUT2D eigenvalue weighted by Crippen LogP contribution is -2.26. The van der Waals surface area contributed by atoms with E-state index in [9.17, 15) is 4.79 Å². The van der Waals surface area contributed by atoms with Crippen LogP contribution in [0.2, 0.25) is 0 Å². The molecule has 1 saturated carbocycles. The van der Waals surface area contributed by atoms with Crippen molar-refractivity contribution in [1.82, 2.24) is 5.32 Å². The molecule has 19 heavy (non-hydrogen) atoms. The van der Waals surface area contributed by atoms with Gasteiger partial charge in [-0.05, 0) is 42.9 Å². The molecular weight excluding hydrogens is 236 g/mol. The number of carbonyl (C=O) groups excluding carboxylic acids is 1. The maximum Gasteiger partial charge on any atom is 0.251 e. The van der Waals surface area contributed by atoms with E-state index >= 15 is 0 Å². The Bertz CT molecular complexity index is 539. The Labute approximate surface area is 114 Å². The highest BCUT2D eigenvalue weighted by Gasteiger charge is 2.32. The van der Waals surface area contributed by atoms with E-state index in [4.69, 9.17) is 5.73 Å². The van der Waals surface area contributed by atoms with E-state index in [1.807, 2.05) is 25.1 Å². The minimum atomic E-state index is -0.00648. The normalized spacial score (nSPS) is 20.4. The van der Waals surface area contributed by atoms with Crippen LogP contribution in [0, 0.1) is 30.6 Å². The van der Waals surface area contributed by atoms with E-state index in [-0.39, 0.29) is 5.91 Å². The standard InChI is InChI=1S/C16H20N2O/c1-11-9-14(11)10-18-16(19)15-7-3-5-13(12(15)2)6-4-8-17/h3,5,7,11,14H,8-10,17H2,1-2H3,(H,18,19). The summed E-state index contributed by atoms with van der Waals surface area (Å²) in [4.78, 5) is 12.1. The maximum atomic E-state index is 12.1. The Hall–Kier alpha value is -1.79. The molecule has 0 saturated heterocycles. The molecule has 0 bridgehead atoms. The fourth-order valence-electron chi connectivity index (χ4n) is 2.17. The van der Waals surface area contributed by atoms with Gasteiger partial charge in [0.05, 0.1) is 6.54 Å². The highest BCUT2D eigenvalue weighted by molar-refractivity contribution is 5.96. The van der Waals surface area contributed by atoms with Crippen molar-refractivity contribution in [3.63, 3.8) is 0 Å². The largest absolute Gasteiger partial charge is 0.352 e. The first-order chi connectivity index (χ1) is 9.13. The van der Waals surface area contributed by atoms with Crippen LogP contribution in [0.3, 0.4) is 0 Å². The van der Waals surface area contributed by atoms with Crippen molar-refractivity contribution in [2.24, 2.45) is 17.6 Å². The van der Waals surface area contributed by atoms with Crippen LogP contribution in [0.4, 0.5) is 0 Å². The third kappa shape index (κ3) is 3.36. The summed E-state index contributed by atoms with van der Waals surface area (Å²) < 4.78 is 0. The zero-order chi connectivity index (χ0) is 13.8. The second-order valence-corrected chi connectivity index (χ2v) is 5.17. The molecule has 1 aromatic rings. The minimum absolute atomic E-state index is 0.00648. The number of benzene rings is 1. The molecule has 2 rings (SSSR count). The highest BCUT2D eigenvalue weighted by Crippen LogP contribution is 2.36. The molecule has 0 aromatic heterocycles. The van der Waals surface area contributed by atoms with Gasteiger partial charge >= 0.3 is 0 Å². The number of nitrogens with one attached hydrogen (secondary N) is 1. The number of nitrogens with two attached hydrogens (primary N) is 1. The first-order valence-electron chi connectivity index (χ1n) is 6.70. The molecular formula is C16H20N2O. The van der Waals surface area contributed by atoms with Crippen LogP contribution < -0.4 is 11.1 Å². The van der Waals surface area contributed by atoms with Crippen molar-refractivity contribution in [2.45, 2.75) is 20.3 Å². The molecule has 2 unspecified atom stereocenters. The van der Waals surface area contributed by atoms with Crippen molar-refractivity contribution in [2.75, 3.05) is 13.1 Å². The number of carbonyl (C=O) groups is 1. The maximum absolute atomic E-state index is 12.1. The lowest BCUT2D eigenvalue weighted by Gasteiger charge is -2.08. The van der Waals surface area contributed by atoms with Crippen molar-refractivity contribution >= 4 is 5.91 Å². The molecule has 1 aliphatic carbocycles. The van der Waals surface area contributed by atoms with Crippen molar-refractivity contribution in [3.05, 3.63) is 34.9 Å². The van der Waals surface area contributed by atoms with Gasteiger partial charge in [0.15, 0.2) is 0 Å². The van der Waals surface area contributed by atoms with E-state index in [1.165, 1.54) is 6.42 Å². The van der Waals surface area contributed by atoms with Gasteiger partial charge in [0.1, 0.15) is 0 Å². The van der Waals surface area contributed by atoms with Crippen LogP contribution in [0.5, 0.6) is 0 Å². The quantitative estimate of drug-likeness (QED) is 0.809. The molecule has 0 aliphatic heterocycles. The highest BCUT2D eigenvalue weighted by atomic mass is 16.1. The lowest BCUT2D eigenvalue weighted by molar-refractivity contribution is 0.0950. The zero-order valence-electron chi connectivity index (χ0n) is 11.5. The van der Waals surface area contributed by atoms with Crippen LogP contribution in [0.15, 0.2) is 18.2 Å². The van der Waals surface area contributed by atoms with Crippen LogP contribution in [-0.4, -0.2) is 19.0 Å². The summed E-state index contributed by atoms with van der Waals surface area (Å²) in [7, 11) is 0. The minimum Gasteiger partial charge on any atom is -0.352 e. The number of rotatable bonds is 3. The van der Waals surface area contributed by atoms with E-state index in [1.54, 1.807) is 0 Å². The van der Waals surface area contributed by atoms with E-state index in [0.717, 1.165) is 23.6 Å². The fourth-order valence-corrected chi connectivity index (χ4v) is 2.17. The van der Waals surface area contributed by atoms with E-state index in [2.05, 4.69) is 24.1 Å². The molecule has 1 amide bonds. The van der Waals surface area contributed by atoms with Gasteiger partial charge in [-0.15, -0.1) is 0 Å². The number of amides is 1. The zero-order valence-corrected chi connectivity index (χ0v) is 11.5. The third-order valence-electron chi connectivity index (χ3n) is 3.70. The molecule has 1 fully saturated rings. The molecule has 0 heterocycles. The van der Waals surface area contributed by atoms with Crippen molar-refractivity contribution < 1.29 is 4.79 Å². The Morgan fingerprint density at radius 1 is 1.53 bits per heavy atom. The number of hydrogen-bond donors (Lipinski definition) is 2. The summed E-state index contributed by atoms with van der Waals surface area (Å²) in [5.74, 6) is 7.22. The first-order valence-corrected chi connectivity index (χ1v) is 6.70. The van der Waals surface area contributed by atoms with Gasteiger partial charge in [0.25, 0.3) is 5.91 Å². The molecule has 1 aromatic carbocycles. The first kappa shape index (κ1) is 13.6. The Morgan fingerprint density at radius 3 is 2.89 bits per heavy atom. The van der Waals surface area contributed by atoms with E-state index < -0.39 is 0 Å². The lowest BCUT2D eigenvalue weighted by atomic mass is 10.0. The van der Waals surface area contributed by atoms with Crippen LogP contribution >= 0.6 is 0 Å². The summed E-state index contributed by atoms with van der Waals surface area (Å²) >= 11 is 0. The predicted molar refractivity (Wildman–Crippen MR) is 76.7 cm³/mol.